The molecule has 0 fully saturated rings. The van der Waals surface area contributed by atoms with Crippen LogP contribution in [0.2, 0.25) is 5.02 Å². The SMILES string of the molecule is CC(C)N(Cc1ccccc1)c1c(Cl)cccc1C(=O)O. The molecule has 2 rings (SSSR count). The Morgan fingerprint density at radius 2 is 1.81 bits per heavy atom. The maximum absolute atomic E-state index is 11.5. The van der Waals surface area contributed by atoms with E-state index in [1.807, 2.05) is 49.1 Å². The van der Waals surface area contributed by atoms with Gasteiger partial charge in [-0.1, -0.05) is 48.0 Å². The van der Waals surface area contributed by atoms with Crippen molar-refractivity contribution >= 4 is 23.3 Å². The molecule has 0 bridgehead atoms. The van der Waals surface area contributed by atoms with E-state index in [-0.39, 0.29) is 11.6 Å². The van der Waals surface area contributed by atoms with Crippen molar-refractivity contribution in [3.05, 3.63) is 64.7 Å². The average Bonchev–Trinajstić information content (AvgIpc) is 2.45. The number of anilines is 1. The van der Waals surface area contributed by atoms with E-state index < -0.39 is 5.97 Å². The lowest BCUT2D eigenvalue weighted by molar-refractivity contribution is 0.0697. The summed E-state index contributed by atoms with van der Waals surface area (Å²) in [7, 11) is 0. The van der Waals surface area contributed by atoms with Gasteiger partial charge < -0.3 is 10.0 Å². The topological polar surface area (TPSA) is 40.5 Å². The number of halogens is 1. The number of carbonyl (C=O) groups is 1. The van der Waals surface area contributed by atoms with Crippen molar-refractivity contribution in [3.63, 3.8) is 0 Å². The molecule has 0 saturated carbocycles. The summed E-state index contributed by atoms with van der Waals surface area (Å²) in [6, 6.07) is 15.0. The van der Waals surface area contributed by atoms with Crippen molar-refractivity contribution in [2.75, 3.05) is 4.90 Å². The molecule has 0 aromatic heterocycles. The molecular weight excluding hydrogens is 286 g/mol. The maximum atomic E-state index is 11.5. The molecule has 0 saturated heterocycles. The van der Waals surface area contributed by atoms with Crippen LogP contribution >= 0.6 is 11.6 Å². The van der Waals surface area contributed by atoms with E-state index in [1.54, 1.807) is 18.2 Å². The first-order valence-corrected chi connectivity index (χ1v) is 7.21. The van der Waals surface area contributed by atoms with Crippen molar-refractivity contribution in [1.82, 2.24) is 0 Å². The first kappa shape index (κ1) is 15.4. The van der Waals surface area contributed by atoms with Crippen LogP contribution < -0.4 is 4.90 Å². The fraction of sp³-hybridized carbons (Fsp3) is 0.235. The van der Waals surface area contributed by atoms with Gasteiger partial charge in [-0.05, 0) is 31.5 Å². The molecule has 3 nitrogen and oxygen atoms in total. The number of carboxylic acid groups (broad SMARTS) is 1. The van der Waals surface area contributed by atoms with Crippen LogP contribution in [0.25, 0.3) is 0 Å². The summed E-state index contributed by atoms with van der Waals surface area (Å²) in [5.41, 5.74) is 1.92. The molecule has 0 amide bonds. The number of carboxylic acids is 1. The highest BCUT2D eigenvalue weighted by Gasteiger charge is 2.21. The predicted octanol–water partition coefficient (Wildman–Crippen LogP) is 4.45. The Balaban J connectivity index is 2.46. The highest BCUT2D eigenvalue weighted by molar-refractivity contribution is 6.34. The summed E-state index contributed by atoms with van der Waals surface area (Å²) in [6.45, 7) is 4.66. The van der Waals surface area contributed by atoms with Crippen LogP contribution in [0.5, 0.6) is 0 Å². The third-order valence-electron chi connectivity index (χ3n) is 3.32. The average molecular weight is 304 g/mol. The zero-order valence-corrected chi connectivity index (χ0v) is 12.8. The number of hydrogen-bond donors (Lipinski definition) is 1. The van der Waals surface area contributed by atoms with Crippen LogP contribution in [0.3, 0.4) is 0 Å². The fourth-order valence-corrected chi connectivity index (χ4v) is 2.56. The Kier molecular flexibility index (Phi) is 4.86. The summed E-state index contributed by atoms with van der Waals surface area (Å²) in [5.74, 6) is -0.966. The Bertz CT molecular complexity index is 626. The second-order valence-corrected chi connectivity index (χ2v) is 5.56. The molecule has 0 radical (unpaired) electrons. The summed E-state index contributed by atoms with van der Waals surface area (Å²) in [6.07, 6.45) is 0. The zero-order valence-electron chi connectivity index (χ0n) is 12.1. The summed E-state index contributed by atoms with van der Waals surface area (Å²) in [5, 5.41) is 9.86. The number of rotatable bonds is 5. The number of para-hydroxylation sites is 1. The molecule has 1 N–H and O–H groups in total. The summed E-state index contributed by atoms with van der Waals surface area (Å²) in [4.78, 5) is 13.5. The quantitative estimate of drug-likeness (QED) is 0.887. The van der Waals surface area contributed by atoms with Gasteiger partial charge in [0, 0.05) is 12.6 Å². The Morgan fingerprint density at radius 3 is 2.38 bits per heavy atom. The standard InChI is InChI=1S/C17H18ClNO2/c1-12(2)19(11-13-7-4-3-5-8-13)16-14(17(20)21)9-6-10-15(16)18/h3-10,12H,11H2,1-2H3,(H,20,21). The van der Waals surface area contributed by atoms with Crippen LogP contribution in [-0.4, -0.2) is 17.1 Å². The van der Waals surface area contributed by atoms with Crippen molar-refractivity contribution < 1.29 is 9.90 Å². The highest BCUT2D eigenvalue weighted by atomic mass is 35.5. The van der Waals surface area contributed by atoms with Crippen molar-refractivity contribution in [3.8, 4) is 0 Å². The van der Waals surface area contributed by atoms with E-state index >= 15 is 0 Å². The summed E-state index contributed by atoms with van der Waals surface area (Å²) < 4.78 is 0. The third-order valence-corrected chi connectivity index (χ3v) is 3.63. The maximum Gasteiger partial charge on any atom is 0.337 e. The van der Waals surface area contributed by atoms with Gasteiger partial charge in [0.05, 0.1) is 16.3 Å². The van der Waals surface area contributed by atoms with Gasteiger partial charge in [0.25, 0.3) is 0 Å². The van der Waals surface area contributed by atoms with Gasteiger partial charge in [-0.25, -0.2) is 4.79 Å². The Morgan fingerprint density at radius 1 is 1.14 bits per heavy atom. The van der Waals surface area contributed by atoms with Gasteiger partial charge in [-0.2, -0.15) is 0 Å². The second-order valence-electron chi connectivity index (χ2n) is 5.15. The van der Waals surface area contributed by atoms with Gasteiger partial charge in [-0.15, -0.1) is 0 Å². The molecule has 0 aliphatic carbocycles. The largest absolute Gasteiger partial charge is 0.478 e. The van der Waals surface area contributed by atoms with E-state index in [4.69, 9.17) is 11.6 Å². The predicted molar refractivity (Wildman–Crippen MR) is 86.2 cm³/mol. The lowest BCUT2D eigenvalue weighted by Crippen LogP contribution is -2.31. The molecule has 4 heteroatoms. The van der Waals surface area contributed by atoms with Gasteiger partial charge >= 0.3 is 5.97 Å². The third kappa shape index (κ3) is 3.56. The zero-order chi connectivity index (χ0) is 15.4. The van der Waals surface area contributed by atoms with E-state index in [1.165, 1.54) is 0 Å². The van der Waals surface area contributed by atoms with Gasteiger partial charge in [0.15, 0.2) is 0 Å². The van der Waals surface area contributed by atoms with E-state index in [2.05, 4.69) is 0 Å². The number of hydrogen-bond acceptors (Lipinski definition) is 2. The van der Waals surface area contributed by atoms with Crippen LogP contribution in [0.15, 0.2) is 48.5 Å². The van der Waals surface area contributed by atoms with Gasteiger partial charge in [0.2, 0.25) is 0 Å². The van der Waals surface area contributed by atoms with E-state index in [9.17, 15) is 9.90 Å². The molecule has 2 aromatic rings. The number of benzene rings is 2. The van der Waals surface area contributed by atoms with Crippen LogP contribution in [0, 0.1) is 0 Å². The first-order chi connectivity index (χ1) is 10.0. The highest BCUT2D eigenvalue weighted by Crippen LogP contribution is 2.32. The van der Waals surface area contributed by atoms with E-state index in [0.29, 0.717) is 17.3 Å². The monoisotopic (exact) mass is 303 g/mol. The molecule has 0 unspecified atom stereocenters. The number of nitrogens with zero attached hydrogens (tertiary/aromatic N) is 1. The minimum absolute atomic E-state index is 0.128. The normalized spacial score (nSPS) is 10.7. The van der Waals surface area contributed by atoms with Crippen molar-refractivity contribution in [2.45, 2.75) is 26.4 Å². The first-order valence-electron chi connectivity index (χ1n) is 6.83. The molecule has 110 valence electrons. The summed E-state index contributed by atoms with van der Waals surface area (Å²) >= 11 is 6.27. The molecular formula is C17H18ClNO2. The van der Waals surface area contributed by atoms with Gasteiger partial charge in [0.1, 0.15) is 0 Å². The molecule has 0 aliphatic rings. The Hall–Kier alpha value is -2.00. The minimum atomic E-state index is -0.966. The lowest BCUT2D eigenvalue weighted by atomic mass is 10.1. The number of aromatic carboxylic acids is 1. The van der Waals surface area contributed by atoms with E-state index in [0.717, 1.165) is 5.56 Å². The van der Waals surface area contributed by atoms with Crippen LogP contribution in [0.4, 0.5) is 5.69 Å². The Labute approximate surface area is 129 Å². The van der Waals surface area contributed by atoms with Gasteiger partial charge in [-0.3, -0.25) is 0 Å². The fourth-order valence-electron chi connectivity index (χ4n) is 2.28. The van der Waals surface area contributed by atoms with Crippen molar-refractivity contribution in [2.24, 2.45) is 0 Å². The minimum Gasteiger partial charge on any atom is -0.478 e. The molecule has 0 spiro atoms. The molecule has 21 heavy (non-hydrogen) atoms. The lowest BCUT2D eigenvalue weighted by Gasteiger charge is -2.31. The second kappa shape index (κ2) is 6.64. The van der Waals surface area contributed by atoms with Crippen LogP contribution in [-0.2, 0) is 6.54 Å². The molecule has 0 atom stereocenters. The molecule has 0 heterocycles. The van der Waals surface area contributed by atoms with Crippen LogP contribution in [0.1, 0.15) is 29.8 Å². The smallest absolute Gasteiger partial charge is 0.337 e. The molecule has 0 aliphatic heterocycles. The van der Waals surface area contributed by atoms with Crippen molar-refractivity contribution in [1.29, 1.82) is 0 Å². The molecule has 2 aromatic carbocycles.